The van der Waals surface area contributed by atoms with E-state index in [1.165, 1.54) is 23.5 Å². The third-order valence-electron chi connectivity index (χ3n) is 4.60. The van der Waals surface area contributed by atoms with Crippen LogP contribution in [0.2, 0.25) is 5.02 Å². The number of piperazine rings is 1. The lowest BCUT2D eigenvalue weighted by molar-refractivity contribution is 0.0742. The number of thiazole rings is 1. The molecule has 2 heterocycles. The maximum Gasteiger partial charge on any atom is 0.256 e. The third-order valence-corrected chi connectivity index (χ3v) is 5.85. The number of halogens is 2. The highest BCUT2D eigenvalue weighted by Crippen LogP contribution is 2.38. The Hall–Kier alpha value is -2.42. The van der Waals surface area contributed by atoms with E-state index >= 15 is 0 Å². The number of nitrogens with zero attached hydrogens (tertiary/aromatic N) is 3. The van der Waals surface area contributed by atoms with Gasteiger partial charge >= 0.3 is 0 Å². The Morgan fingerprint density at radius 3 is 2.63 bits per heavy atom. The van der Waals surface area contributed by atoms with Gasteiger partial charge in [0.15, 0.2) is 5.13 Å². The van der Waals surface area contributed by atoms with Crippen molar-refractivity contribution >= 4 is 49.9 Å². The number of nitrogens with one attached hydrogen (secondary N) is 1. The Bertz CT molecular complexity index is 1000. The molecule has 1 fully saturated rings. The van der Waals surface area contributed by atoms with Crippen LogP contribution < -0.4 is 16.2 Å². The number of carbonyl (C=O) groups excluding carboxylic acids is 1. The van der Waals surface area contributed by atoms with Gasteiger partial charge < -0.3 is 9.80 Å². The van der Waals surface area contributed by atoms with E-state index in [-0.39, 0.29) is 11.5 Å². The molecule has 1 aromatic heterocycles. The SMILES string of the molecule is NNc1nc2c(N3CCN(C(=O)c4ccccc4F)CC3)c(Cl)ccc2s1. The lowest BCUT2D eigenvalue weighted by Crippen LogP contribution is -2.49. The minimum absolute atomic E-state index is 0.101. The highest BCUT2D eigenvalue weighted by molar-refractivity contribution is 7.22. The van der Waals surface area contributed by atoms with E-state index in [2.05, 4.69) is 15.3 Å². The monoisotopic (exact) mass is 405 g/mol. The number of hydrogen-bond acceptors (Lipinski definition) is 6. The molecule has 3 N–H and O–H groups in total. The van der Waals surface area contributed by atoms with Gasteiger partial charge in [0.05, 0.1) is 21.0 Å². The molecule has 0 bridgehead atoms. The second-order valence-corrected chi connectivity index (χ2v) is 7.60. The number of anilines is 2. The van der Waals surface area contributed by atoms with Gasteiger partial charge in [-0.2, -0.15) is 0 Å². The molecule has 9 heteroatoms. The molecule has 3 aromatic rings. The van der Waals surface area contributed by atoms with E-state index < -0.39 is 5.82 Å². The number of benzene rings is 2. The summed E-state index contributed by atoms with van der Waals surface area (Å²) in [6, 6.07) is 9.81. The van der Waals surface area contributed by atoms with Crippen LogP contribution in [0.4, 0.5) is 15.2 Å². The van der Waals surface area contributed by atoms with Crippen molar-refractivity contribution in [1.82, 2.24) is 9.88 Å². The molecule has 6 nitrogen and oxygen atoms in total. The standard InChI is InChI=1S/C18H17ClFN5OS/c19-12-5-6-14-15(22-18(23-21)27-14)16(12)24-7-9-25(10-8-24)17(26)11-3-1-2-4-13(11)20/h1-6H,7-10,21H2,(H,22,23). The van der Waals surface area contributed by atoms with Crippen LogP contribution in [0.3, 0.4) is 0 Å². The average molecular weight is 406 g/mol. The van der Waals surface area contributed by atoms with Gasteiger partial charge in [-0.3, -0.25) is 10.2 Å². The summed E-state index contributed by atoms with van der Waals surface area (Å²) in [5.74, 6) is 4.69. The number of fused-ring (bicyclic) bond motifs is 1. The van der Waals surface area contributed by atoms with Crippen molar-refractivity contribution in [3.05, 3.63) is 52.8 Å². The zero-order valence-electron chi connectivity index (χ0n) is 14.3. The topological polar surface area (TPSA) is 74.5 Å². The molecule has 1 aliphatic rings. The van der Waals surface area contributed by atoms with Crippen LogP contribution in [0.15, 0.2) is 36.4 Å². The molecule has 0 aliphatic carbocycles. The first kappa shape index (κ1) is 18.0. The fourth-order valence-electron chi connectivity index (χ4n) is 3.26. The van der Waals surface area contributed by atoms with Crippen LogP contribution in [-0.4, -0.2) is 42.0 Å². The van der Waals surface area contributed by atoms with Gasteiger partial charge in [0, 0.05) is 26.2 Å². The molecule has 140 valence electrons. The molecule has 2 aromatic carbocycles. The number of amides is 1. The van der Waals surface area contributed by atoms with Crippen molar-refractivity contribution in [2.45, 2.75) is 0 Å². The van der Waals surface area contributed by atoms with Crippen LogP contribution in [0.5, 0.6) is 0 Å². The molecule has 0 atom stereocenters. The number of hydrazine groups is 1. The molecule has 0 unspecified atom stereocenters. The number of carbonyl (C=O) groups is 1. The van der Waals surface area contributed by atoms with Gasteiger partial charge in [-0.25, -0.2) is 15.2 Å². The minimum atomic E-state index is -0.498. The summed E-state index contributed by atoms with van der Waals surface area (Å²) < 4.78 is 14.9. The molecule has 4 rings (SSSR count). The van der Waals surface area contributed by atoms with Crippen molar-refractivity contribution < 1.29 is 9.18 Å². The van der Waals surface area contributed by atoms with Gasteiger partial charge in [0.1, 0.15) is 11.3 Å². The first-order valence-corrected chi connectivity index (χ1v) is 9.62. The maximum atomic E-state index is 13.9. The summed E-state index contributed by atoms with van der Waals surface area (Å²) in [4.78, 5) is 20.9. The molecule has 1 amide bonds. The average Bonchev–Trinajstić information content (AvgIpc) is 3.11. The lowest BCUT2D eigenvalue weighted by Gasteiger charge is -2.36. The Labute approximate surface area is 164 Å². The van der Waals surface area contributed by atoms with Gasteiger partial charge in [0.25, 0.3) is 5.91 Å². The largest absolute Gasteiger partial charge is 0.365 e. The summed E-state index contributed by atoms with van der Waals surface area (Å²) in [5, 5.41) is 1.21. The molecule has 0 saturated carbocycles. The van der Waals surface area contributed by atoms with Crippen molar-refractivity contribution in [1.29, 1.82) is 0 Å². The predicted octanol–water partition coefficient (Wildman–Crippen LogP) is 3.34. The number of hydrogen-bond donors (Lipinski definition) is 2. The van der Waals surface area contributed by atoms with Crippen LogP contribution in [0.1, 0.15) is 10.4 Å². The van der Waals surface area contributed by atoms with Gasteiger partial charge in [-0.1, -0.05) is 35.1 Å². The highest BCUT2D eigenvalue weighted by Gasteiger charge is 2.26. The summed E-state index contributed by atoms with van der Waals surface area (Å²) >= 11 is 7.90. The van der Waals surface area contributed by atoms with E-state index in [0.717, 1.165) is 15.9 Å². The van der Waals surface area contributed by atoms with E-state index in [0.29, 0.717) is 36.3 Å². The van der Waals surface area contributed by atoms with E-state index in [1.807, 2.05) is 12.1 Å². The summed E-state index contributed by atoms with van der Waals surface area (Å²) in [7, 11) is 0. The zero-order valence-corrected chi connectivity index (χ0v) is 15.9. The van der Waals surface area contributed by atoms with Crippen molar-refractivity contribution in [2.75, 3.05) is 36.5 Å². The maximum absolute atomic E-state index is 13.9. The number of rotatable bonds is 3. The number of aromatic nitrogens is 1. The molecule has 1 aliphatic heterocycles. The smallest absolute Gasteiger partial charge is 0.256 e. The predicted molar refractivity (Wildman–Crippen MR) is 107 cm³/mol. The summed E-state index contributed by atoms with van der Waals surface area (Å²) in [5.41, 5.74) is 4.29. The third kappa shape index (κ3) is 3.31. The fourth-order valence-corrected chi connectivity index (χ4v) is 4.31. The molecular weight excluding hydrogens is 389 g/mol. The van der Waals surface area contributed by atoms with Crippen molar-refractivity contribution in [3.8, 4) is 0 Å². The van der Waals surface area contributed by atoms with Crippen LogP contribution in [0, 0.1) is 5.82 Å². The first-order valence-electron chi connectivity index (χ1n) is 8.43. The molecular formula is C18H17ClFN5OS. The summed E-state index contributed by atoms with van der Waals surface area (Å²) in [6.45, 7) is 2.13. The fraction of sp³-hybridized carbons (Fsp3) is 0.222. The Morgan fingerprint density at radius 1 is 1.19 bits per heavy atom. The Kier molecular flexibility index (Phi) is 4.86. The highest BCUT2D eigenvalue weighted by atomic mass is 35.5. The van der Waals surface area contributed by atoms with E-state index in [1.54, 1.807) is 17.0 Å². The van der Waals surface area contributed by atoms with Gasteiger partial charge in [-0.05, 0) is 24.3 Å². The van der Waals surface area contributed by atoms with E-state index in [4.69, 9.17) is 17.4 Å². The molecule has 27 heavy (non-hydrogen) atoms. The van der Waals surface area contributed by atoms with Crippen LogP contribution >= 0.6 is 22.9 Å². The quantitative estimate of drug-likeness (QED) is 0.516. The van der Waals surface area contributed by atoms with Crippen LogP contribution in [0.25, 0.3) is 10.2 Å². The van der Waals surface area contributed by atoms with Crippen molar-refractivity contribution in [2.24, 2.45) is 5.84 Å². The second kappa shape index (κ2) is 7.30. The number of nitrogens with two attached hydrogens (primary N) is 1. The van der Waals surface area contributed by atoms with E-state index in [9.17, 15) is 9.18 Å². The van der Waals surface area contributed by atoms with Gasteiger partial charge in [0.2, 0.25) is 0 Å². The second-order valence-electron chi connectivity index (χ2n) is 6.17. The van der Waals surface area contributed by atoms with Gasteiger partial charge in [-0.15, -0.1) is 0 Å². The summed E-state index contributed by atoms with van der Waals surface area (Å²) in [6.07, 6.45) is 0. The van der Waals surface area contributed by atoms with Crippen molar-refractivity contribution in [3.63, 3.8) is 0 Å². The lowest BCUT2D eigenvalue weighted by atomic mass is 10.1. The molecule has 0 spiro atoms. The van der Waals surface area contributed by atoms with Crippen LogP contribution in [-0.2, 0) is 0 Å². The first-order chi connectivity index (χ1) is 13.1. The number of nitrogen functional groups attached to an aromatic ring is 1. The molecule has 0 radical (unpaired) electrons. The zero-order chi connectivity index (χ0) is 19.0. The Balaban J connectivity index is 1.55. The minimum Gasteiger partial charge on any atom is -0.365 e. The normalized spacial score (nSPS) is 14.6. The molecule has 1 saturated heterocycles. The Morgan fingerprint density at radius 2 is 1.93 bits per heavy atom.